The molecular weight excluding hydrogens is 172 g/mol. The van der Waals surface area contributed by atoms with E-state index in [9.17, 15) is 14.4 Å². The monoisotopic (exact) mass is 184 g/mol. The van der Waals surface area contributed by atoms with Gasteiger partial charge in [-0.3, -0.25) is 14.4 Å². The summed E-state index contributed by atoms with van der Waals surface area (Å²) in [6.07, 6.45) is 1.42. The minimum absolute atomic E-state index is 0.118. The summed E-state index contributed by atoms with van der Waals surface area (Å²) in [6, 6.07) is 0. The van der Waals surface area contributed by atoms with Crippen LogP contribution < -0.4 is 0 Å². The molecule has 1 heterocycles. The Morgan fingerprint density at radius 3 is 2.69 bits per heavy atom. The van der Waals surface area contributed by atoms with E-state index in [-0.39, 0.29) is 18.1 Å². The molecule has 0 aromatic heterocycles. The maximum absolute atomic E-state index is 10.9. The van der Waals surface area contributed by atoms with Gasteiger partial charge in [0.1, 0.15) is 5.78 Å². The normalized spacial score (nSPS) is 21.8. The van der Waals surface area contributed by atoms with Gasteiger partial charge in [0.05, 0.1) is 12.3 Å². The molecule has 0 amide bonds. The summed E-state index contributed by atoms with van der Waals surface area (Å²) in [5.41, 5.74) is 0. The lowest BCUT2D eigenvalue weighted by molar-refractivity contribution is -0.153. The van der Waals surface area contributed by atoms with Gasteiger partial charge in [0.25, 0.3) is 0 Å². The smallest absolute Gasteiger partial charge is 0.317 e. The van der Waals surface area contributed by atoms with Crippen LogP contribution in [0.4, 0.5) is 0 Å². The number of carbonyl (C=O) groups excluding carboxylic acids is 3. The van der Waals surface area contributed by atoms with Gasteiger partial charge < -0.3 is 4.74 Å². The summed E-state index contributed by atoms with van der Waals surface area (Å²) in [4.78, 5) is 32.5. The van der Waals surface area contributed by atoms with E-state index >= 15 is 0 Å². The summed E-state index contributed by atoms with van der Waals surface area (Å²) < 4.78 is 4.35. The summed E-state index contributed by atoms with van der Waals surface area (Å²) in [5.74, 6) is -1.22. The number of hydrogen-bond acceptors (Lipinski definition) is 4. The van der Waals surface area contributed by atoms with Crippen LogP contribution in [0.1, 0.15) is 32.6 Å². The average molecular weight is 184 g/mol. The van der Waals surface area contributed by atoms with Crippen LogP contribution in [0.3, 0.4) is 0 Å². The summed E-state index contributed by atoms with van der Waals surface area (Å²) >= 11 is 0. The Labute approximate surface area is 76.3 Å². The number of Topliss-reactive ketones (excluding diaryl/α,β-unsaturated/α-hetero) is 1. The van der Waals surface area contributed by atoms with Crippen molar-refractivity contribution in [2.24, 2.45) is 5.92 Å². The molecule has 0 N–H and O–H groups in total. The summed E-state index contributed by atoms with van der Waals surface area (Å²) in [6.45, 7) is 1.78. The summed E-state index contributed by atoms with van der Waals surface area (Å²) in [5, 5.41) is 0. The second kappa shape index (κ2) is 4.16. The van der Waals surface area contributed by atoms with Crippen LogP contribution >= 0.6 is 0 Å². The van der Waals surface area contributed by atoms with Crippen LogP contribution in [-0.2, 0) is 19.1 Å². The SMILES string of the molecule is CCC(=O)CC[C@H]1CC(=O)OC1=O. The number of esters is 2. The molecule has 0 aromatic carbocycles. The zero-order chi connectivity index (χ0) is 9.84. The standard InChI is InChI=1S/C9H12O4/c1-2-7(10)4-3-6-5-8(11)13-9(6)12/h6H,2-5H2,1H3/t6-/m0/s1. The summed E-state index contributed by atoms with van der Waals surface area (Å²) in [7, 11) is 0. The van der Waals surface area contributed by atoms with Crippen LogP contribution in [0.5, 0.6) is 0 Å². The molecule has 1 aliphatic heterocycles. The third-order valence-electron chi connectivity index (χ3n) is 2.13. The van der Waals surface area contributed by atoms with Crippen LogP contribution in [0, 0.1) is 5.92 Å². The van der Waals surface area contributed by atoms with Gasteiger partial charge in [0, 0.05) is 12.8 Å². The van der Waals surface area contributed by atoms with Gasteiger partial charge >= 0.3 is 11.9 Å². The van der Waals surface area contributed by atoms with Crippen molar-refractivity contribution in [1.29, 1.82) is 0 Å². The van der Waals surface area contributed by atoms with Crippen LogP contribution in [0.15, 0.2) is 0 Å². The van der Waals surface area contributed by atoms with Crippen molar-refractivity contribution in [2.45, 2.75) is 32.6 Å². The Kier molecular flexibility index (Phi) is 3.17. The predicted octanol–water partition coefficient (Wildman–Crippen LogP) is 0.835. The Balaban J connectivity index is 2.33. The van der Waals surface area contributed by atoms with E-state index in [2.05, 4.69) is 4.74 Å². The van der Waals surface area contributed by atoms with Crippen molar-refractivity contribution in [3.63, 3.8) is 0 Å². The minimum Gasteiger partial charge on any atom is -0.393 e. The van der Waals surface area contributed by atoms with E-state index < -0.39 is 11.9 Å². The van der Waals surface area contributed by atoms with Crippen LogP contribution in [-0.4, -0.2) is 17.7 Å². The topological polar surface area (TPSA) is 60.4 Å². The number of carbonyl (C=O) groups is 3. The molecule has 13 heavy (non-hydrogen) atoms. The molecule has 0 spiro atoms. The Bertz CT molecular complexity index is 244. The molecule has 1 aliphatic rings. The first kappa shape index (κ1) is 9.89. The van der Waals surface area contributed by atoms with E-state index in [1.54, 1.807) is 6.92 Å². The zero-order valence-electron chi connectivity index (χ0n) is 7.54. The molecule has 1 rings (SSSR count). The zero-order valence-corrected chi connectivity index (χ0v) is 7.54. The van der Waals surface area contributed by atoms with Crippen LogP contribution in [0.2, 0.25) is 0 Å². The first-order valence-corrected chi connectivity index (χ1v) is 4.39. The van der Waals surface area contributed by atoms with E-state index in [0.717, 1.165) is 0 Å². The molecule has 1 atom stereocenters. The van der Waals surface area contributed by atoms with E-state index in [4.69, 9.17) is 0 Å². The average Bonchev–Trinajstić information content (AvgIpc) is 2.41. The Morgan fingerprint density at radius 1 is 1.54 bits per heavy atom. The minimum atomic E-state index is -0.478. The third-order valence-corrected chi connectivity index (χ3v) is 2.13. The van der Waals surface area contributed by atoms with Gasteiger partial charge in [0.15, 0.2) is 0 Å². The highest BCUT2D eigenvalue weighted by Gasteiger charge is 2.32. The highest BCUT2D eigenvalue weighted by Crippen LogP contribution is 2.21. The van der Waals surface area contributed by atoms with Gasteiger partial charge in [-0.2, -0.15) is 0 Å². The van der Waals surface area contributed by atoms with Crippen molar-refractivity contribution >= 4 is 17.7 Å². The van der Waals surface area contributed by atoms with Crippen molar-refractivity contribution in [1.82, 2.24) is 0 Å². The number of ketones is 1. The molecule has 0 unspecified atom stereocenters. The van der Waals surface area contributed by atoms with Gasteiger partial charge in [-0.25, -0.2) is 0 Å². The molecule has 1 fully saturated rings. The third kappa shape index (κ3) is 2.65. The molecule has 4 nitrogen and oxygen atoms in total. The fourth-order valence-corrected chi connectivity index (χ4v) is 1.25. The number of cyclic esters (lactones) is 2. The van der Waals surface area contributed by atoms with Crippen molar-refractivity contribution < 1.29 is 19.1 Å². The fraction of sp³-hybridized carbons (Fsp3) is 0.667. The Hall–Kier alpha value is -1.19. The van der Waals surface area contributed by atoms with Crippen molar-refractivity contribution in [3.8, 4) is 0 Å². The quantitative estimate of drug-likeness (QED) is 0.479. The lowest BCUT2D eigenvalue weighted by atomic mass is 9.99. The molecule has 0 aliphatic carbocycles. The van der Waals surface area contributed by atoms with Crippen LogP contribution in [0.25, 0.3) is 0 Å². The number of hydrogen-bond donors (Lipinski definition) is 0. The first-order valence-electron chi connectivity index (χ1n) is 4.39. The molecular formula is C9H12O4. The van der Waals surface area contributed by atoms with Crippen molar-refractivity contribution in [3.05, 3.63) is 0 Å². The maximum Gasteiger partial charge on any atom is 0.317 e. The van der Waals surface area contributed by atoms with Crippen molar-refractivity contribution in [2.75, 3.05) is 0 Å². The molecule has 0 aromatic rings. The van der Waals surface area contributed by atoms with E-state index in [0.29, 0.717) is 19.3 Å². The largest absolute Gasteiger partial charge is 0.393 e. The number of ether oxygens (including phenoxy) is 1. The highest BCUT2D eigenvalue weighted by atomic mass is 16.6. The molecule has 0 bridgehead atoms. The fourth-order valence-electron chi connectivity index (χ4n) is 1.25. The lowest BCUT2D eigenvalue weighted by Gasteiger charge is -2.01. The molecule has 0 saturated carbocycles. The predicted molar refractivity (Wildman–Crippen MR) is 43.7 cm³/mol. The first-order chi connectivity index (χ1) is 6.13. The molecule has 4 heteroatoms. The van der Waals surface area contributed by atoms with E-state index in [1.807, 2.05) is 0 Å². The highest BCUT2D eigenvalue weighted by molar-refractivity contribution is 5.94. The van der Waals surface area contributed by atoms with Gasteiger partial charge in [0.2, 0.25) is 0 Å². The maximum atomic E-state index is 10.9. The van der Waals surface area contributed by atoms with Gasteiger partial charge in [-0.1, -0.05) is 6.92 Å². The number of rotatable bonds is 4. The Morgan fingerprint density at radius 2 is 2.23 bits per heavy atom. The van der Waals surface area contributed by atoms with E-state index in [1.165, 1.54) is 0 Å². The van der Waals surface area contributed by atoms with Gasteiger partial charge in [-0.15, -0.1) is 0 Å². The van der Waals surface area contributed by atoms with Gasteiger partial charge in [-0.05, 0) is 6.42 Å². The molecule has 72 valence electrons. The molecule has 1 saturated heterocycles. The molecule has 0 radical (unpaired) electrons. The lowest BCUT2D eigenvalue weighted by Crippen LogP contribution is -2.09. The second-order valence-corrected chi connectivity index (χ2v) is 3.13. The second-order valence-electron chi connectivity index (χ2n) is 3.13.